The molecule has 0 amide bonds. The molecule has 1 aromatic carbocycles. The molecule has 1 heterocycles. The third kappa shape index (κ3) is 2.40. The Morgan fingerprint density at radius 2 is 2.11 bits per heavy atom. The molecule has 1 aliphatic heterocycles. The molecule has 9 heteroatoms. The minimum Gasteiger partial charge on any atom is -0.351 e. The number of fused-ring (bicyclic) bond motifs is 1. The van der Waals surface area contributed by atoms with E-state index in [1.54, 1.807) is 0 Å². The Balaban J connectivity index is 2.55. The van der Waals surface area contributed by atoms with Crippen LogP contribution in [0.4, 0.5) is 18.9 Å². The third-order valence-electron chi connectivity index (χ3n) is 2.44. The molecular formula is C9H8ClF3N2O2S. The van der Waals surface area contributed by atoms with Gasteiger partial charge < -0.3 is 4.90 Å². The summed E-state index contributed by atoms with van der Waals surface area (Å²) in [4.78, 5) is 0.737. The maximum Gasteiger partial charge on any atom is 0.255 e. The summed E-state index contributed by atoms with van der Waals surface area (Å²) in [6.45, 7) is -1.03. The highest BCUT2D eigenvalue weighted by Crippen LogP contribution is 2.33. The van der Waals surface area contributed by atoms with E-state index in [-0.39, 0.29) is 22.3 Å². The van der Waals surface area contributed by atoms with Crippen molar-refractivity contribution >= 4 is 27.3 Å². The zero-order valence-corrected chi connectivity index (χ0v) is 10.4. The highest BCUT2D eigenvalue weighted by molar-refractivity contribution is 7.89. The largest absolute Gasteiger partial charge is 0.351 e. The maximum atomic E-state index is 13.3. The number of sulfonamides is 1. The molecule has 2 rings (SSSR count). The van der Waals surface area contributed by atoms with Gasteiger partial charge in [-0.05, 0) is 6.07 Å². The number of benzene rings is 1. The molecule has 0 saturated carbocycles. The van der Waals surface area contributed by atoms with Crippen molar-refractivity contribution in [2.24, 2.45) is 0 Å². The minimum absolute atomic E-state index is 0.115. The van der Waals surface area contributed by atoms with Crippen LogP contribution in [0.5, 0.6) is 0 Å². The standard InChI is InChI=1S/C9H8ClF3N2O2S/c10-5-1-8-7(2-6(5)11)15(3-9(12)13)4-14-18(8,16)17/h1-2,9,14H,3-4H2. The summed E-state index contributed by atoms with van der Waals surface area (Å²) in [5.74, 6) is -0.855. The zero-order chi connectivity index (χ0) is 13.5. The van der Waals surface area contributed by atoms with Crippen molar-refractivity contribution < 1.29 is 21.6 Å². The van der Waals surface area contributed by atoms with Crippen LogP contribution in [0.2, 0.25) is 5.02 Å². The number of alkyl halides is 2. The fourth-order valence-corrected chi connectivity index (χ4v) is 3.08. The second kappa shape index (κ2) is 4.60. The third-order valence-corrected chi connectivity index (χ3v) is 4.14. The number of nitrogens with one attached hydrogen (secondary N) is 1. The lowest BCUT2D eigenvalue weighted by molar-refractivity contribution is 0.154. The lowest BCUT2D eigenvalue weighted by atomic mass is 10.2. The lowest BCUT2D eigenvalue weighted by Gasteiger charge is -2.31. The number of hydrogen-bond donors (Lipinski definition) is 1. The second-order valence-electron chi connectivity index (χ2n) is 3.65. The maximum absolute atomic E-state index is 13.3. The minimum atomic E-state index is -3.84. The van der Waals surface area contributed by atoms with Crippen molar-refractivity contribution in [1.29, 1.82) is 0 Å². The van der Waals surface area contributed by atoms with E-state index in [2.05, 4.69) is 4.72 Å². The van der Waals surface area contributed by atoms with E-state index in [1.807, 2.05) is 0 Å². The van der Waals surface area contributed by atoms with E-state index >= 15 is 0 Å². The highest BCUT2D eigenvalue weighted by atomic mass is 35.5. The van der Waals surface area contributed by atoms with Crippen LogP contribution in [0.1, 0.15) is 0 Å². The van der Waals surface area contributed by atoms with Crippen molar-refractivity contribution in [3.05, 3.63) is 23.0 Å². The average molecular weight is 301 g/mol. The first-order valence-corrected chi connectivity index (χ1v) is 6.69. The van der Waals surface area contributed by atoms with Gasteiger partial charge in [-0.1, -0.05) is 11.6 Å². The summed E-state index contributed by atoms with van der Waals surface area (Å²) < 4.78 is 63.4. The van der Waals surface area contributed by atoms with Crippen molar-refractivity contribution in [2.45, 2.75) is 11.3 Å². The first-order chi connectivity index (χ1) is 8.31. The molecule has 0 atom stereocenters. The first-order valence-electron chi connectivity index (χ1n) is 4.83. The van der Waals surface area contributed by atoms with Gasteiger partial charge in [0.1, 0.15) is 10.7 Å². The molecule has 1 N–H and O–H groups in total. The van der Waals surface area contributed by atoms with Crippen LogP contribution in [0.25, 0.3) is 0 Å². The van der Waals surface area contributed by atoms with Crippen molar-refractivity contribution in [2.75, 3.05) is 18.1 Å². The van der Waals surface area contributed by atoms with Crippen LogP contribution < -0.4 is 9.62 Å². The Hall–Kier alpha value is -0.990. The summed E-state index contributed by atoms with van der Waals surface area (Å²) in [6, 6.07) is 1.75. The van der Waals surface area contributed by atoms with Gasteiger partial charge in [0.2, 0.25) is 10.0 Å². The number of halogens is 4. The molecular weight excluding hydrogens is 293 g/mol. The van der Waals surface area contributed by atoms with E-state index in [0.29, 0.717) is 0 Å². The molecule has 0 fully saturated rings. The number of hydrogen-bond acceptors (Lipinski definition) is 3. The first kappa shape index (κ1) is 13.4. The van der Waals surface area contributed by atoms with Gasteiger partial charge in [0.05, 0.1) is 23.9 Å². The Labute approximate surface area is 106 Å². The molecule has 0 spiro atoms. The molecule has 0 unspecified atom stereocenters. The summed E-state index contributed by atoms with van der Waals surface area (Å²) in [6.07, 6.45) is -2.67. The van der Waals surface area contributed by atoms with Crippen molar-refractivity contribution in [3.63, 3.8) is 0 Å². The molecule has 0 bridgehead atoms. The van der Waals surface area contributed by atoms with Crippen LogP contribution in [0.3, 0.4) is 0 Å². The molecule has 1 aliphatic rings. The van der Waals surface area contributed by atoms with Crippen molar-refractivity contribution in [1.82, 2.24) is 4.72 Å². The Morgan fingerprint density at radius 1 is 1.44 bits per heavy atom. The van der Waals surface area contributed by atoms with E-state index in [0.717, 1.165) is 17.0 Å². The van der Waals surface area contributed by atoms with Crippen LogP contribution in [0.15, 0.2) is 17.0 Å². The predicted octanol–water partition coefficient (Wildman–Crippen LogP) is 1.80. The van der Waals surface area contributed by atoms with E-state index < -0.39 is 28.8 Å². The molecule has 0 radical (unpaired) electrons. The fraction of sp³-hybridized carbons (Fsp3) is 0.333. The molecule has 0 aliphatic carbocycles. The second-order valence-corrected chi connectivity index (χ2v) is 5.80. The number of anilines is 1. The molecule has 1 aromatic rings. The summed E-state index contributed by atoms with van der Waals surface area (Å²) >= 11 is 5.49. The molecule has 100 valence electrons. The zero-order valence-electron chi connectivity index (χ0n) is 8.83. The average Bonchev–Trinajstić information content (AvgIpc) is 2.25. The van der Waals surface area contributed by atoms with Crippen LogP contribution >= 0.6 is 11.6 Å². The molecule has 0 saturated heterocycles. The fourth-order valence-electron chi connectivity index (χ4n) is 1.64. The van der Waals surface area contributed by atoms with Crippen LogP contribution in [-0.2, 0) is 10.0 Å². The van der Waals surface area contributed by atoms with Gasteiger partial charge in [0.15, 0.2) is 0 Å². The number of nitrogens with zero attached hydrogens (tertiary/aromatic N) is 1. The Bertz CT molecular complexity index is 579. The lowest BCUT2D eigenvalue weighted by Crippen LogP contribution is -2.45. The van der Waals surface area contributed by atoms with E-state index in [4.69, 9.17) is 11.6 Å². The van der Waals surface area contributed by atoms with Gasteiger partial charge >= 0.3 is 0 Å². The topological polar surface area (TPSA) is 49.4 Å². The molecule has 4 nitrogen and oxygen atoms in total. The van der Waals surface area contributed by atoms with Gasteiger partial charge in [0, 0.05) is 6.07 Å². The molecule has 0 aromatic heterocycles. The SMILES string of the molecule is O=S1(=O)NCN(CC(F)F)c2cc(F)c(Cl)cc21. The van der Waals surface area contributed by atoms with E-state index in [9.17, 15) is 21.6 Å². The quantitative estimate of drug-likeness (QED) is 0.906. The van der Waals surface area contributed by atoms with Gasteiger partial charge in [-0.3, -0.25) is 0 Å². The predicted molar refractivity (Wildman–Crippen MR) is 59.9 cm³/mol. The van der Waals surface area contributed by atoms with Crippen molar-refractivity contribution in [3.8, 4) is 0 Å². The van der Waals surface area contributed by atoms with Crippen LogP contribution in [0, 0.1) is 5.82 Å². The Morgan fingerprint density at radius 3 is 2.72 bits per heavy atom. The van der Waals surface area contributed by atoms with Crippen LogP contribution in [-0.4, -0.2) is 28.1 Å². The van der Waals surface area contributed by atoms with Gasteiger partial charge in [-0.25, -0.2) is 21.6 Å². The summed E-state index contributed by atoms with van der Waals surface area (Å²) in [5.41, 5.74) is -0.115. The highest BCUT2D eigenvalue weighted by Gasteiger charge is 2.30. The smallest absolute Gasteiger partial charge is 0.255 e. The van der Waals surface area contributed by atoms with Gasteiger partial charge in [-0.2, -0.15) is 4.72 Å². The normalized spacial score (nSPS) is 17.9. The number of rotatable bonds is 2. The van der Waals surface area contributed by atoms with Gasteiger partial charge in [-0.15, -0.1) is 0 Å². The summed E-state index contributed by atoms with van der Waals surface area (Å²) in [7, 11) is -3.84. The Kier molecular flexibility index (Phi) is 3.43. The monoisotopic (exact) mass is 300 g/mol. The van der Waals surface area contributed by atoms with Gasteiger partial charge in [0.25, 0.3) is 6.43 Å². The molecule has 18 heavy (non-hydrogen) atoms. The van der Waals surface area contributed by atoms with E-state index in [1.165, 1.54) is 0 Å². The summed E-state index contributed by atoms with van der Waals surface area (Å²) in [5, 5.41) is -0.377.